The number of hydrogen-bond acceptors (Lipinski definition) is 3. The van der Waals surface area contributed by atoms with Crippen molar-refractivity contribution in [1.29, 1.82) is 0 Å². The zero-order chi connectivity index (χ0) is 15.7. The van der Waals surface area contributed by atoms with Gasteiger partial charge in [0, 0.05) is 18.7 Å². The summed E-state index contributed by atoms with van der Waals surface area (Å²) < 4.78 is 10.6. The molecular formula is C18H21NO3. The Morgan fingerprint density at radius 2 is 2.00 bits per heavy atom. The normalized spacial score (nSPS) is 14.6. The van der Waals surface area contributed by atoms with Crippen LogP contribution in [-0.4, -0.2) is 23.1 Å². The molecule has 3 rings (SSSR count). The van der Waals surface area contributed by atoms with Gasteiger partial charge >= 0.3 is 6.09 Å². The first-order chi connectivity index (χ1) is 10.4. The maximum absolute atomic E-state index is 12.2. The van der Waals surface area contributed by atoms with Crippen LogP contribution in [0.5, 0.6) is 0 Å². The molecule has 4 heteroatoms. The second kappa shape index (κ2) is 5.52. The molecule has 0 aliphatic carbocycles. The van der Waals surface area contributed by atoms with Gasteiger partial charge in [0.2, 0.25) is 0 Å². The van der Waals surface area contributed by atoms with Crippen LogP contribution in [-0.2, 0) is 17.7 Å². The molecule has 0 unspecified atom stereocenters. The van der Waals surface area contributed by atoms with Gasteiger partial charge in [-0.2, -0.15) is 0 Å². The zero-order valence-corrected chi connectivity index (χ0v) is 13.3. The van der Waals surface area contributed by atoms with Gasteiger partial charge < -0.3 is 14.1 Å². The van der Waals surface area contributed by atoms with Gasteiger partial charge in [-0.15, -0.1) is 0 Å². The summed E-state index contributed by atoms with van der Waals surface area (Å²) in [4.78, 5) is 13.9. The third-order valence-corrected chi connectivity index (χ3v) is 3.72. The average molecular weight is 299 g/mol. The highest BCUT2D eigenvalue weighted by atomic mass is 16.6. The van der Waals surface area contributed by atoms with Gasteiger partial charge in [-0.25, -0.2) is 4.79 Å². The maximum Gasteiger partial charge on any atom is 0.410 e. The van der Waals surface area contributed by atoms with Gasteiger partial charge in [0.25, 0.3) is 0 Å². The second-order valence-electron chi connectivity index (χ2n) is 6.65. The number of carbonyl (C=O) groups excluding carboxylic acids is 1. The van der Waals surface area contributed by atoms with E-state index in [1.165, 1.54) is 11.1 Å². The van der Waals surface area contributed by atoms with Crippen LogP contribution in [0.15, 0.2) is 41.2 Å². The molecule has 0 spiro atoms. The average Bonchev–Trinajstić information content (AvgIpc) is 2.98. The summed E-state index contributed by atoms with van der Waals surface area (Å²) in [5.74, 6) is 0. The number of amides is 1. The summed E-state index contributed by atoms with van der Waals surface area (Å²) in [7, 11) is 0. The van der Waals surface area contributed by atoms with E-state index in [1.807, 2.05) is 26.8 Å². The third kappa shape index (κ3) is 3.16. The molecule has 0 bridgehead atoms. The van der Waals surface area contributed by atoms with E-state index in [4.69, 9.17) is 9.15 Å². The molecule has 0 N–H and O–H groups in total. The number of nitrogens with zero attached hydrogens (tertiary/aromatic N) is 1. The fourth-order valence-corrected chi connectivity index (χ4v) is 2.64. The van der Waals surface area contributed by atoms with Crippen molar-refractivity contribution in [1.82, 2.24) is 4.90 Å². The minimum atomic E-state index is -0.456. The maximum atomic E-state index is 12.2. The fraction of sp³-hybridized carbons (Fsp3) is 0.389. The SMILES string of the molecule is CC(C)(C)OC(=O)N1CCc2cc(-c3ccoc3)ccc2C1. The molecule has 0 saturated heterocycles. The standard InChI is InChI=1S/C18H21NO3/c1-18(2,3)22-17(20)19-8-6-14-10-13(4-5-15(14)11-19)16-7-9-21-12-16/h4-5,7,9-10,12H,6,8,11H2,1-3H3. The second-order valence-corrected chi connectivity index (χ2v) is 6.65. The van der Waals surface area contributed by atoms with Gasteiger partial charge in [0.1, 0.15) is 5.60 Å². The van der Waals surface area contributed by atoms with Crippen LogP contribution in [0.1, 0.15) is 31.9 Å². The molecular weight excluding hydrogens is 278 g/mol. The van der Waals surface area contributed by atoms with Crippen molar-refractivity contribution in [2.45, 2.75) is 39.3 Å². The summed E-state index contributed by atoms with van der Waals surface area (Å²) in [6.07, 6.45) is 4.04. The molecule has 2 aromatic rings. The molecule has 1 aliphatic heterocycles. The fourth-order valence-electron chi connectivity index (χ4n) is 2.64. The Morgan fingerprint density at radius 3 is 2.68 bits per heavy atom. The Bertz CT molecular complexity index is 668. The van der Waals surface area contributed by atoms with Crippen molar-refractivity contribution in [2.75, 3.05) is 6.54 Å². The number of ether oxygens (including phenoxy) is 1. The lowest BCUT2D eigenvalue weighted by molar-refractivity contribution is 0.0224. The number of hydrogen-bond donors (Lipinski definition) is 0. The predicted molar refractivity (Wildman–Crippen MR) is 84.5 cm³/mol. The molecule has 1 aromatic heterocycles. The predicted octanol–water partition coefficient (Wildman–Crippen LogP) is 4.24. The lowest BCUT2D eigenvalue weighted by Crippen LogP contribution is -2.39. The highest BCUT2D eigenvalue weighted by Crippen LogP contribution is 2.27. The van der Waals surface area contributed by atoms with E-state index in [0.29, 0.717) is 13.1 Å². The number of rotatable bonds is 1. The molecule has 0 fully saturated rings. The number of fused-ring (bicyclic) bond motifs is 1. The first-order valence-electron chi connectivity index (χ1n) is 7.55. The quantitative estimate of drug-likeness (QED) is 0.791. The number of benzene rings is 1. The Balaban J connectivity index is 1.76. The van der Waals surface area contributed by atoms with Crippen molar-refractivity contribution in [3.05, 3.63) is 47.9 Å². The van der Waals surface area contributed by atoms with E-state index in [9.17, 15) is 4.79 Å². The molecule has 0 radical (unpaired) electrons. The summed E-state index contributed by atoms with van der Waals surface area (Å²) >= 11 is 0. The van der Waals surface area contributed by atoms with Crippen LogP contribution in [0.4, 0.5) is 4.79 Å². The molecule has 116 valence electrons. The number of carbonyl (C=O) groups is 1. The molecule has 1 amide bonds. The van der Waals surface area contributed by atoms with Crippen LogP contribution in [0.25, 0.3) is 11.1 Å². The molecule has 4 nitrogen and oxygen atoms in total. The third-order valence-electron chi connectivity index (χ3n) is 3.72. The summed E-state index contributed by atoms with van der Waals surface area (Å²) in [5, 5.41) is 0. The smallest absolute Gasteiger partial charge is 0.410 e. The summed E-state index contributed by atoms with van der Waals surface area (Å²) in [6, 6.07) is 8.31. The Morgan fingerprint density at radius 1 is 1.18 bits per heavy atom. The van der Waals surface area contributed by atoms with Crippen molar-refractivity contribution in [3.63, 3.8) is 0 Å². The Kier molecular flexibility index (Phi) is 3.69. The van der Waals surface area contributed by atoms with Crippen LogP contribution in [0.3, 0.4) is 0 Å². The van der Waals surface area contributed by atoms with Gasteiger partial charge in [-0.05, 0) is 49.9 Å². The zero-order valence-electron chi connectivity index (χ0n) is 13.3. The van der Waals surface area contributed by atoms with E-state index in [-0.39, 0.29) is 6.09 Å². The van der Waals surface area contributed by atoms with Crippen LogP contribution in [0.2, 0.25) is 0 Å². The minimum Gasteiger partial charge on any atom is -0.472 e. The van der Waals surface area contributed by atoms with Crippen molar-refractivity contribution >= 4 is 6.09 Å². The molecule has 22 heavy (non-hydrogen) atoms. The van der Waals surface area contributed by atoms with Gasteiger partial charge in [0.05, 0.1) is 12.5 Å². The van der Waals surface area contributed by atoms with Gasteiger partial charge in [-0.1, -0.05) is 18.2 Å². The first kappa shape index (κ1) is 14.7. The topological polar surface area (TPSA) is 42.7 Å². The Labute approximate surface area is 130 Å². The van der Waals surface area contributed by atoms with Gasteiger partial charge in [-0.3, -0.25) is 0 Å². The largest absolute Gasteiger partial charge is 0.472 e. The van der Waals surface area contributed by atoms with E-state index >= 15 is 0 Å². The van der Waals surface area contributed by atoms with Crippen molar-refractivity contribution in [2.24, 2.45) is 0 Å². The van der Waals surface area contributed by atoms with Crippen molar-refractivity contribution < 1.29 is 13.9 Å². The molecule has 2 heterocycles. The molecule has 0 saturated carbocycles. The lowest BCUT2D eigenvalue weighted by Gasteiger charge is -2.31. The van der Waals surface area contributed by atoms with Gasteiger partial charge in [0.15, 0.2) is 0 Å². The highest BCUT2D eigenvalue weighted by molar-refractivity contribution is 5.69. The van der Waals surface area contributed by atoms with E-state index in [2.05, 4.69) is 18.2 Å². The van der Waals surface area contributed by atoms with E-state index < -0.39 is 5.60 Å². The van der Waals surface area contributed by atoms with Crippen LogP contribution >= 0.6 is 0 Å². The number of furan rings is 1. The monoisotopic (exact) mass is 299 g/mol. The lowest BCUT2D eigenvalue weighted by atomic mass is 9.95. The van der Waals surface area contributed by atoms with Crippen LogP contribution in [0, 0.1) is 0 Å². The highest BCUT2D eigenvalue weighted by Gasteiger charge is 2.25. The van der Waals surface area contributed by atoms with Crippen LogP contribution < -0.4 is 0 Å². The first-order valence-corrected chi connectivity index (χ1v) is 7.55. The minimum absolute atomic E-state index is 0.239. The summed E-state index contributed by atoms with van der Waals surface area (Å²) in [5.41, 5.74) is 4.25. The molecule has 0 atom stereocenters. The Hall–Kier alpha value is -2.23. The summed E-state index contributed by atoms with van der Waals surface area (Å²) in [6.45, 7) is 6.96. The molecule has 1 aromatic carbocycles. The van der Waals surface area contributed by atoms with E-state index in [0.717, 1.165) is 17.5 Å². The van der Waals surface area contributed by atoms with E-state index in [1.54, 1.807) is 17.4 Å². The molecule has 1 aliphatic rings. The van der Waals surface area contributed by atoms with Crippen molar-refractivity contribution in [3.8, 4) is 11.1 Å².